The Morgan fingerprint density at radius 3 is 2.48 bits per heavy atom. The molecular weight excluding hydrogens is 305 g/mol. The lowest BCUT2D eigenvalue weighted by molar-refractivity contribution is 0.250. The summed E-state index contributed by atoms with van der Waals surface area (Å²) in [6.45, 7) is 4.93. The molecule has 0 aliphatic carbocycles. The summed E-state index contributed by atoms with van der Waals surface area (Å²) in [6, 6.07) is 12.0. The lowest BCUT2D eigenvalue weighted by Crippen LogP contribution is -2.46. The van der Waals surface area contributed by atoms with Crippen molar-refractivity contribution < 1.29 is 0 Å². The molecule has 0 saturated carbocycles. The minimum atomic E-state index is 0.558. The molecular formula is C16H17Cl2N3. The molecule has 21 heavy (non-hydrogen) atoms. The molecule has 0 amide bonds. The zero-order valence-corrected chi connectivity index (χ0v) is 13.2. The van der Waals surface area contributed by atoms with E-state index in [1.165, 1.54) is 5.56 Å². The molecule has 1 fully saturated rings. The fraction of sp³-hybridized carbons (Fsp3) is 0.312. The van der Waals surface area contributed by atoms with Crippen molar-refractivity contribution in [3.8, 4) is 0 Å². The SMILES string of the molecule is Clc1cc(CN2CCN(c3ccccc3Cl)CC2)ccn1. The second-order valence-electron chi connectivity index (χ2n) is 5.20. The van der Waals surface area contributed by atoms with Gasteiger partial charge in [0.15, 0.2) is 0 Å². The average Bonchev–Trinajstić information content (AvgIpc) is 2.49. The van der Waals surface area contributed by atoms with Gasteiger partial charge in [-0.1, -0.05) is 35.3 Å². The van der Waals surface area contributed by atoms with Gasteiger partial charge >= 0.3 is 0 Å². The fourth-order valence-electron chi connectivity index (χ4n) is 2.65. The number of hydrogen-bond acceptors (Lipinski definition) is 3. The second kappa shape index (κ2) is 6.65. The molecule has 0 spiro atoms. The topological polar surface area (TPSA) is 19.4 Å². The summed E-state index contributed by atoms with van der Waals surface area (Å²) in [5.74, 6) is 0. The summed E-state index contributed by atoms with van der Waals surface area (Å²) in [5, 5.41) is 1.38. The van der Waals surface area contributed by atoms with E-state index in [4.69, 9.17) is 23.2 Å². The van der Waals surface area contributed by atoms with Gasteiger partial charge in [-0.3, -0.25) is 4.90 Å². The second-order valence-corrected chi connectivity index (χ2v) is 6.00. The van der Waals surface area contributed by atoms with Crippen LogP contribution in [0.4, 0.5) is 5.69 Å². The smallest absolute Gasteiger partial charge is 0.129 e. The number of para-hydroxylation sites is 1. The molecule has 1 saturated heterocycles. The highest BCUT2D eigenvalue weighted by Crippen LogP contribution is 2.26. The largest absolute Gasteiger partial charge is 0.368 e. The molecule has 0 radical (unpaired) electrons. The van der Waals surface area contributed by atoms with E-state index >= 15 is 0 Å². The van der Waals surface area contributed by atoms with Gasteiger partial charge in [-0.15, -0.1) is 0 Å². The fourth-order valence-corrected chi connectivity index (χ4v) is 3.11. The summed E-state index contributed by atoms with van der Waals surface area (Å²) < 4.78 is 0. The summed E-state index contributed by atoms with van der Waals surface area (Å²) in [7, 11) is 0. The molecule has 1 aliphatic heterocycles. The number of nitrogens with zero attached hydrogens (tertiary/aromatic N) is 3. The molecule has 110 valence electrons. The normalized spacial score (nSPS) is 16.2. The first-order chi connectivity index (χ1) is 10.2. The summed E-state index contributed by atoms with van der Waals surface area (Å²) in [6.07, 6.45) is 1.76. The standard InChI is InChI=1S/C16H17Cl2N3/c17-14-3-1-2-4-15(14)21-9-7-20(8-10-21)12-13-5-6-19-16(18)11-13/h1-6,11H,7-10,12H2. The third-order valence-corrected chi connectivity index (χ3v) is 4.29. The van der Waals surface area contributed by atoms with E-state index < -0.39 is 0 Å². The molecule has 1 aliphatic rings. The van der Waals surface area contributed by atoms with Gasteiger partial charge in [0, 0.05) is 38.9 Å². The Balaban J connectivity index is 1.59. The van der Waals surface area contributed by atoms with Gasteiger partial charge in [0.25, 0.3) is 0 Å². The van der Waals surface area contributed by atoms with E-state index in [1.54, 1.807) is 6.20 Å². The van der Waals surface area contributed by atoms with E-state index in [0.29, 0.717) is 5.15 Å². The summed E-state index contributed by atoms with van der Waals surface area (Å²) >= 11 is 12.2. The molecule has 0 unspecified atom stereocenters. The maximum Gasteiger partial charge on any atom is 0.129 e. The monoisotopic (exact) mass is 321 g/mol. The molecule has 3 rings (SSSR count). The maximum absolute atomic E-state index is 6.26. The first-order valence-electron chi connectivity index (χ1n) is 7.04. The number of halogens is 2. The van der Waals surface area contributed by atoms with Gasteiger partial charge in [-0.2, -0.15) is 0 Å². The van der Waals surface area contributed by atoms with E-state index in [1.807, 2.05) is 30.3 Å². The van der Waals surface area contributed by atoms with Crippen LogP contribution in [0, 0.1) is 0 Å². The van der Waals surface area contributed by atoms with Crippen molar-refractivity contribution >= 4 is 28.9 Å². The third kappa shape index (κ3) is 3.67. The number of pyridine rings is 1. The van der Waals surface area contributed by atoms with Crippen LogP contribution in [-0.4, -0.2) is 36.1 Å². The Labute approximate surface area is 135 Å². The third-order valence-electron chi connectivity index (χ3n) is 3.76. The number of hydrogen-bond donors (Lipinski definition) is 0. The highest BCUT2D eigenvalue weighted by molar-refractivity contribution is 6.33. The number of piperazine rings is 1. The summed E-state index contributed by atoms with van der Waals surface area (Å²) in [4.78, 5) is 8.79. The van der Waals surface area contributed by atoms with Gasteiger partial charge in [0.2, 0.25) is 0 Å². The lowest BCUT2D eigenvalue weighted by Gasteiger charge is -2.36. The zero-order chi connectivity index (χ0) is 14.7. The highest BCUT2D eigenvalue weighted by atomic mass is 35.5. The van der Waals surface area contributed by atoms with Gasteiger partial charge in [0.1, 0.15) is 5.15 Å². The molecule has 2 heterocycles. The number of benzene rings is 1. The van der Waals surface area contributed by atoms with Crippen LogP contribution in [0.1, 0.15) is 5.56 Å². The number of anilines is 1. The Morgan fingerprint density at radius 1 is 1.00 bits per heavy atom. The van der Waals surface area contributed by atoms with Gasteiger partial charge in [0.05, 0.1) is 10.7 Å². The predicted molar refractivity (Wildman–Crippen MR) is 88.2 cm³/mol. The van der Waals surface area contributed by atoms with Crippen LogP contribution < -0.4 is 4.90 Å². The Morgan fingerprint density at radius 2 is 1.76 bits per heavy atom. The van der Waals surface area contributed by atoms with E-state index in [9.17, 15) is 0 Å². The Hall–Kier alpha value is -1.29. The van der Waals surface area contributed by atoms with Crippen molar-refractivity contribution in [3.63, 3.8) is 0 Å². The molecule has 0 N–H and O–H groups in total. The van der Waals surface area contributed by atoms with E-state index in [2.05, 4.69) is 20.9 Å². The molecule has 0 bridgehead atoms. The molecule has 0 atom stereocenters. The van der Waals surface area contributed by atoms with Crippen LogP contribution in [0.25, 0.3) is 0 Å². The van der Waals surface area contributed by atoms with Gasteiger partial charge < -0.3 is 4.90 Å². The van der Waals surface area contributed by atoms with Crippen molar-refractivity contribution in [2.24, 2.45) is 0 Å². The first-order valence-corrected chi connectivity index (χ1v) is 7.80. The average molecular weight is 322 g/mol. The van der Waals surface area contributed by atoms with Crippen LogP contribution in [0.15, 0.2) is 42.6 Å². The summed E-state index contributed by atoms with van der Waals surface area (Å²) in [5.41, 5.74) is 2.34. The minimum Gasteiger partial charge on any atom is -0.368 e. The maximum atomic E-state index is 6.26. The highest BCUT2D eigenvalue weighted by Gasteiger charge is 2.18. The molecule has 2 aromatic rings. The van der Waals surface area contributed by atoms with Crippen molar-refractivity contribution in [3.05, 3.63) is 58.3 Å². The van der Waals surface area contributed by atoms with Crippen molar-refractivity contribution in [1.29, 1.82) is 0 Å². The predicted octanol–water partition coefficient (Wildman–Crippen LogP) is 3.71. The van der Waals surface area contributed by atoms with E-state index in [0.717, 1.165) is 43.4 Å². The number of rotatable bonds is 3. The molecule has 5 heteroatoms. The van der Waals surface area contributed by atoms with Crippen LogP contribution in [0.3, 0.4) is 0 Å². The Bertz CT molecular complexity index is 610. The first kappa shape index (κ1) is 14.6. The molecule has 1 aromatic carbocycles. The van der Waals surface area contributed by atoms with Crippen molar-refractivity contribution in [1.82, 2.24) is 9.88 Å². The van der Waals surface area contributed by atoms with Gasteiger partial charge in [-0.25, -0.2) is 4.98 Å². The van der Waals surface area contributed by atoms with Crippen LogP contribution in [0.2, 0.25) is 10.2 Å². The molecule has 1 aromatic heterocycles. The zero-order valence-electron chi connectivity index (χ0n) is 11.7. The van der Waals surface area contributed by atoms with Crippen molar-refractivity contribution in [2.75, 3.05) is 31.1 Å². The minimum absolute atomic E-state index is 0.558. The lowest BCUT2D eigenvalue weighted by atomic mass is 10.2. The quantitative estimate of drug-likeness (QED) is 0.803. The van der Waals surface area contributed by atoms with Crippen LogP contribution in [-0.2, 0) is 6.54 Å². The Kier molecular flexibility index (Phi) is 4.63. The van der Waals surface area contributed by atoms with Crippen LogP contribution >= 0.6 is 23.2 Å². The van der Waals surface area contributed by atoms with Crippen LogP contribution in [0.5, 0.6) is 0 Å². The molecule has 3 nitrogen and oxygen atoms in total. The number of aromatic nitrogens is 1. The van der Waals surface area contributed by atoms with Gasteiger partial charge in [-0.05, 0) is 29.8 Å². The van der Waals surface area contributed by atoms with Crippen molar-refractivity contribution in [2.45, 2.75) is 6.54 Å². The van der Waals surface area contributed by atoms with E-state index in [-0.39, 0.29) is 0 Å².